The minimum atomic E-state index is -3.45. The maximum absolute atomic E-state index is 12.8. The van der Waals surface area contributed by atoms with Crippen molar-refractivity contribution in [2.45, 2.75) is 36.8 Å². The van der Waals surface area contributed by atoms with E-state index >= 15 is 0 Å². The summed E-state index contributed by atoms with van der Waals surface area (Å²) >= 11 is 5.74. The Morgan fingerprint density at radius 3 is 2.56 bits per heavy atom. The summed E-state index contributed by atoms with van der Waals surface area (Å²) in [5, 5.41) is -0.552. The van der Waals surface area contributed by atoms with Crippen LogP contribution in [0.4, 0.5) is 4.39 Å². The first-order valence-electron chi connectivity index (χ1n) is 5.08. The maximum atomic E-state index is 12.8. The van der Waals surface area contributed by atoms with Gasteiger partial charge in [0.1, 0.15) is 5.82 Å². The Bertz CT molecular complexity index is 471. The smallest absolute Gasteiger partial charge is 0.182 e. The highest BCUT2D eigenvalue weighted by Crippen LogP contribution is 2.27. The largest absolute Gasteiger partial charge is 0.223 e. The fraction of sp³-hybridized carbons (Fsp3) is 0.455. The Hall–Kier alpha value is -0.610. The fourth-order valence-electron chi connectivity index (χ4n) is 1.48. The zero-order valence-electron chi connectivity index (χ0n) is 9.20. The number of hydrogen-bond acceptors (Lipinski definition) is 2. The van der Waals surface area contributed by atoms with Crippen molar-refractivity contribution in [2.24, 2.45) is 0 Å². The van der Waals surface area contributed by atoms with E-state index in [-0.39, 0.29) is 9.92 Å². The minimum Gasteiger partial charge on any atom is -0.223 e. The van der Waals surface area contributed by atoms with Crippen LogP contribution in [-0.2, 0) is 9.84 Å². The lowest BCUT2D eigenvalue weighted by Crippen LogP contribution is -2.18. The van der Waals surface area contributed by atoms with E-state index in [1.165, 1.54) is 6.07 Å². The lowest BCUT2D eigenvalue weighted by molar-refractivity contribution is 0.575. The van der Waals surface area contributed by atoms with Gasteiger partial charge in [0, 0.05) is 0 Å². The highest BCUT2D eigenvalue weighted by Gasteiger charge is 2.24. The fourth-order valence-corrected chi connectivity index (χ4v) is 3.54. The Labute approximate surface area is 100 Å². The minimum absolute atomic E-state index is 0.0107. The third kappa shape index (κ3) is 2.74. The molecule has 0 unspecified atom stereocenters. The molecule has 2 nitrogen and oxygen atoms in total. The molecular weight excluding hydrogens is 251 g/mol. The van der Waals surface area contributed by atoms with Gasteiger partial charge in [-0.05, 0) is 31.5 Å². The molecule has 1 rings (SSSR count). The molecule has 1 aromatic rings. The molecule has 1 atom stereocenters. The number of rotatable bonds is 4. The summed E-state index contributed by atoms with van der Waals surface area (Å²) < 4.78 is 36.9. The molecule has 0 aliphatic heterocycles. The van der Waals surface area contributed by atoms with Crippen LogP contribution in [0.15, 0.2) is 23.1 Å². The normalized spacial score (nSPS) is 13.8. The second kappa shape index (κ2) is 5.15. The lowest BCUT2D eigenvalue weighted by Gasteiger charge is -2.13. The van der Waals surface area contributed by atoms with Crippen LogP contribution >= 0.6 is 11.6 Å². The van der Waals surface area contributed by atoms with Crippen molar-refractivity contribution in [3.8, 4) is 0 Å². The molecule has 0 amide bonds. The molecule has 0 N–H and O–H groups in total. The van der Waals surface area contributed by atoms with Crippen LogP contribution in [0.3, 0.4) is 0 Å². The van der Waals surface area contributed by atoms with Crippen LogP contribution in [0, 0.1) is 5.82 Å². The summed E-state index contributed by atoms with van der Waals surface area (Å²) in [6.45, 7) is 3.55. The van der Waals surface area contributed by atoms with Crippen LogP contribution in [0.2, 0.25) is 5.02 Å². The van der Waals surface area contributed by atoms with Gasteiger partial charge in [-0.25, -0.2) is 12.8 Å². The highest BCUT2D eigenvalue weighted by molar-refractivity contribution is 7.92. The average molecular weight is 265 g/mol. The summed E-state index contributed by atoms with van der Waals surface area (Å²) in [5.41, 5.74) is 0. The Morgan fingerprint density at radius 2 is 2.06 bits per heavy atom. The zero-order chi connectivity index (χ0) is 12.3. The number of halogens is 2. The third-order valence-corrected chi connectivity index (χ3v) is 5.11. The zero-order valence-corrected chi connectivity index (χ0v) is 10.8. The molecule has 0 aliphatic carbocycles. The number of benzene rings is 1. The Morgan fingerprint density at radius 1 is 1.44 bits per heavy atom. The molecule has 0 heterocycles. The third-order valence-electron chi connectivity index (χ3n) is 2.43. The molecule has 0 saturated heterocycles. The van der Waals surface area contributed by atoms with Gasteiger partial charge in [-0.15, -0.1) is 0 Å². The summed E-state index contributed by atoms with van der Waals surface area (Å²) in [6, 6.07) is 3.35. The van der Waals surface area contributed by atoms with Gasteiger partial charge in [-0.2, -0.15) is 0 Å². The number of sulfone groups is 1. The van der Waals surface area contributed by atoms with E-state index in [1.54, 1.807) is 6.92 Å². The van der Waals surface area contributed by atoms with E-state index in [2.05, 4.69) is 0 Å². The molecule has 90 valence electrons. The first kappa shape index (κ1) is 13.5. The van der Waals surface area contributed by atoms with Crippen molar-refractivity contribution in [3.63, 3.8) is 0 Å². The van der Waals surface area contributed by atoms with Crippen LogP contribution in [0.1, 0.15) is 26.7 Å². The van der Waals surface area contributed by atoms with Gasteiger partial charge in [-0.1, -0.05) is 24.9 Å². The van der Waals surface area contributed by atoms with Gasteiger partial charge >= 0.3 is 0 Å². The molecule has 0 fully saturated rings. The van der Waals surface area contributed by atoms with Gasteiger partial charge in [0.15, 0.2) is 9.84 Å². The van der Waals surface area contributed by atoms with E-state index in [0.717, 1.165) is 18.6 Å². The summed E-state index contributed by atoms with van der Waals surface area (Å²) in [6.07, 6.45) is 1.34. The summed E-state index contributed by atoms with van der Waals surface area (Å²) in [5.74, 6) is -0.535. The first-order valence-corrected chi connectivity index (χ1v) is 7.01. The topological polar surface area (TPSA) is 34.1 Å². The molecule has 0 aromatic heterocycles. The van der Waals surface area contributed by atoms with Crippen molar-refractivity contribution in [3.05, 3.63) is 29.0 Å². The van der Waals surface area contributed by atoms with Crippen molar-refractivity contribution in [2.75, 3.05) is 0 Å². The quantitative estimate of drug-likeness (QED) is 0.781. The van der Waals surface area contributed by atoms with Gasteiger partial charge < -0.3 is 0 Å². The second-order valence-electron chi connectivity index (χ2n) is 3.72. The summed E-state index contributed by atoms with van der Waals surface area (Å²) in [7, 11) is -3.45. The maximum Gasteiger partial charge on any atom is 0.182 e. The van der Waals surface area contributed by atoms with Crippen LogP contribution < -0.4 is 0 Å². The molecule has 5 heteroatoms. The van der Waals surface area contributed by atoms with Gasteiger partial charge in [-0.3, -0.25) is 0 Å². The summed E-state index contributed by atoms with van der Waals surface area (Å²) in [4.78, 5) is 0.0107. The molecule has 1 aromatic carbocycles. The van der Waals surface area contributed by atoms with Gasteiger partial charge in [0.25, 0.3) is 0 Å². The Balaban J connectivity index is 3.17. The molecule has 16 heavy (non-hydrogen) atoms. The van der Waals surface area contributed by atoms with Crippen molar-refractivity contribution >= 4 is 21.4 Å². The lowest BCUT2D eigenvalue weighted by atomic mass is 10.3. The van der Waals surface area contributed by atoms with Crippen LogP contribution in [0.25, 0.3) is 0 Å². The van der Waals surface area contributed by atoms with E-state index in [1.807, 2.05) is 6.92 Å². The van der Waals surface area contributed by atoms with Crippen molar-refractivity contribution in [1.29, 1.82) is 0 Å². The van der Waals surface area contributed by atoms with Gasteiger partial charge in [0.05, 0.1) is 15.2 Å². The van der Waals surface area contributed by atoms with E-state index < -0.39 is 20.9 Å². The van der Waals surface area contributed by atoms with E-state index in [9.17, 15) is 12.8 Å². The molecular formula is C11H14ClFO2S. The van der Waals surface area contributed by atoms with E-state index in [0.29, 0.717) is 6.42 Å². The molecule has 0 saturated carbocycles. The molecule has 0 bridgehead atoms. The molecule has 0 spiro atoms. The van der Waals surface area contributed by atoms with Crippen LogP contribution in [0.5, 0.6) is 0 Å². The average Bonchev–Trinajstić information content (AvgIpc) is 2.17. The van der Waals surface area contributed by atoms with Gasteiger partial charge in [0.2, 0.25) is 0 Å². The Kier molecular flexibility index (Phi) is 4.33. The molecule has 0 radical (unpaired) electrons. The SMILES string of the molecule is CCC[C@H](C)S(=O)(=O)c1ccc(F)cc1Cl. The number of hydrogen-bond donors (Lipinski definition) is 0. The molecule has 0 aliphatic rings. The monoisotopic (exact) mass is 264 g/mol. The van der Waals surface area contributed by atoms with Crippen molar-refractivity contribution in [1.82, 2.24) is 0 Å². The standard InChI is InChI=1S/C11H14ClFO2S/c1-3-4-8(2)16(14,15)11-6-5-9(13)7-10(11)12/h5-8H,3-4H2,1-2H3/t8-/m0/s1. The predicted octanol–water partition coefficient (Wildman–Crippen LogP) is 3.44. The van der Waals surface area contributed by atoms with E-state index in [4.69, 9.17) is 11.6 Å². The predicted molar refractivity (Wildman–Crippen MR) is 63.0 cm³/mol. The van der Waals surface area contributed by atoms with Crippen LogP contribution in [-0.4, -0.2) is 13.7 Å². The second-order valence-corrected chi connectivity index (χ2v) is 6.46. The first-order chi connectivity index (χ1) is 7.39. The highest BCUT2D eigenvalue weighted by atomic mass is 35.5. The van der Waals surface area contributed by atoms with Crippen molar-refractivity contribution < 1.29 is 12.8 Å².